The van der Waals surface area contributed by atoms with Crippen molar-refractivity contribution >= 4 is 15.9 Å². The predicted octanol–water partition coefficient (Wildman–Crippen LogP) is 1.27. The molecular formula is C8H6BrN3O. The van der Waals surface area contributed by atoms with Crippen molar-refractivity contribution in [3.05, 3.63) is 46.3 Å². The molecule has 2 rings (SSSR count). The van der Waals surface area contributed by atoms with Crippen LogP contribution in [0.15, 0.2) is 41.1 Å². The van der Waals surface area contributed by atoms with E-state index in [1.165, 1.54) is 4.68 Å². The molecule has 2 aromatic rings. The lowest BCUT2D eigenvalue weighted by Crippen LogP contribution is -2.30. The van der Waals surface area contributed by atoms with Crippen LogP contribution in [0.1, 0.15) is 0 Å². The van der Waals surface area contributed by atoms with Crippen LogP contribution < -0.4 is 4.85 Å². The Morgan fingerprint density at radius 2 is 2.00 bits per heavy atom. The molecule has 0 unspecified atom stereocenters. The quantitative estimate of drug-likeness (QED) is 0.556. The summed E-state index contributed by atoms with van der Waals surface area (Å²) < 4.78 is 1.91. The van der Waals surface area contributed by atoms with Crippen molar-refractivity contribution < 1.29 is 4.85 Å². The Labute approximate surface area is 83.1 Å². The molecule has 66 valence electrons. The molecule has 0 saturated heterocycles. The highest BCUT2D eigenvalue weighted by Gasteiger charge is 2.08. The molecule has 1 aromatic heterocycles. The molecule has 0 spiro atoms. The lowest BCUT2D eigenvalue weighted by Gasteiger charge is -1.91. The Morgan fingerprint density at radius 1 is 1.31 bits per heavy atom. The number of hydrogen-bond acceptors (Lipinski definition) is 2. The molecule has 0 saturated carbocycles. The Balaban J connectivity index is 2.48. The molecule has 0 radical (unpaired) electrons. The molecule has 0 aliphatic carbocycles. The molecule has 1 aromatic carbocycles. The zero-order valence-electron chi connectivity index (χ0n) is 6.59. The third kappa shape index (κ3) is 1.55. The van der Waals surface area contributed by atoms with Crippen molar-refractivity contribution in [3.63, 3.8) is 0 Å². The Morgan fingerprint density at radius 3 is 2.54 bits per heavy atom. The third-order valence-electron chi connectivity index (χ3n) is 1.61. The van der Waals surface area contributed by atoms with Gasteiger partial charge in [0, 0.05) is 15.9 Å². The summed E-state index contributed by atoms with van der Waals surface area (Å²) in [5.74, 6) is 0. The molecule has 0 N–H and O–H groups in total. The largest absolute Gasteiger partial charge is 0.690 e. The van der Waals surface area contributed by atoms with Crippen LogP contribution >= 0.6 is 15.9 Å². The van der Waals surface area contributed by atoms with Crippen LogP contribution in [-0.4, -0.2) is 9.90 Å². The smallest absolute Gasteiger partial charge is 0.237 e. The number of hydrogen-bond donors (Lipinski definition) is 0. The molecule has 0 fully saturated rings. The first kappa shape index (κ1) is 8.25. The summed E-state index contributed by atoms with van der Waals surface area (Å²) in [5, 5.41) is 14.7. The van der Waals surface area contributed by atoms with Crippen molar-refractivity contribution in [2.24, 2.45) is 0 Å². The van der Waals surface area contributed by atoms with E-state index in [4.69, 9.17) is 0 Å². The normalized spacial score (nSPS) is 10.2. The van der Waals surface area contributed by atoms with Crippen LogP contribution in [0.2, 0.25) is 0 Å². The average Bonchev–Trinajstić information content (AvgIpc) is 2.49. The molecule has 13 heavy (non-hydrogen) atoms. The SMILES string of the molecule is [O-][n+]1nn(-c2ccccc2)cc1Br. The van der Waals surface area contributed by atoms with Gasteiger partial charge in [-0.2, -0.15) is 0 Å². The molecule has 0 bridgehead atoms. The minimum atomic E-state index is 0.399. The van der Waals surface area contributed by atoms with Gasteiger partial charge in [-0.3, -0.25) is 0 Å². The van der Waals surface area contributed by atoms with Gasteiger partial charge in [-0.15, -0.1) is 9.53 Å². The fourth-order valence-electron chi connectivity index (χ4n) is 1.01. The van der Waals surface area contributed by atoms with Gasteiger partial charge in [-0.25, -0.2) is 0 Å². The number of rotatable bonds is 1. The van der Waals surface area contributed by atoms with Crippen LogP contribution in [0.5, 0.6) is 0 Å². The summed E-state index contributed by atoms with van der Waals surface area (Å²) in [6.45, 7) is 0. The van der Waals surface area contributed by atoms with Crippen LogP contribution in [0.25, 0.3) is 5.69 Å². The molecule has 0 aliphatic heterocycles. The fourth-order valence-corrected chi connectivity index (χ4v) is 1.28. The monoisotopic (exact) mass is 239 g/mol. The van der Waals surface area contributed by atoms with E-state index in [-0.39, 0.29) is 0 Å². The van der Waals surface area contributed by atoms with Gasteiger partial charge in [0.25, 0.3) is 0 Å². The summed E-state index contributed by atoms with van der Waals surface area (Å²) in [4.78, 5) is 0.521. The van der Waals surface area contributed by atoms with Crippen molar-refractivity contribution in [3.8, 4) is 5.69 Å². The van der Waals surface area contributed by atoms with Crippen LogP contribution in [0.3, 0.4) is 0 Å². The summed E-state index contributed by atoms with van der Waals surface area (Å²) in [6.07, 6.45) is 1.61. The lowest BCUT2D eigenvalue weighted by atomic mass is 10.3. The fraction of sp³-hybridized carbons (Fsp3) is 0. The van der Waals surface area contributed by atoms with Crippen molar-refractivity contribution in [2.45, 2.75) is 0 Å². The molecule has 1 heterocycles. The standard InChI is InChI=1S/C8H6BrN3O/c9-8-6-11(10-12(8)13)7-4-2-1-3-5-7/h1-6H. The average molecular weight is 240 g/mol. The highest BCUT2D eigenvalue weighted by molar-refractivity contribution is 9.10. The lowest BCUT2D eigenvalue weighted by molar-refractivity contribution is -0.680. The highest BCUT2D eigenvalue weighted by Crippen LogP contribution is 2.07. The minimum Gasteiger partial charge on any atom is -0.690 e. The maximum absolute atomic E-state index is 11.0. The van der Waals surface area contributed by atoms with E-state index in [1.54, 1.807) is 6.20 Å². The van der Waals surface area contributed by atoms with Gasteiger partial charge in [-0.1, -0.05) is 18.2 Å². The summed E-state index contributed by atoms with van der Waals surface area (Å²) >= 11 is 3.08. The third-order valence-corrected chi connectivity index (χ3v) is 2.12. The summed E-state index contributed by atoms with van der Waals surface area (Å²) in [6, 6.07) is 9.44. The van der Waals surface area contributed by atoms with E-state index in [9.17, 15) is 5.21 Å². The van der Waals surface area contributed by atoms with Gasteiger partial charge in [0.1, 0.15) is 5.21 Å². The first-order valence-electron chi connectivity index (χ1n) is 3.68. The minimum absolute atomic E-state index is 0.399. The molecule has 5 heteroatoms. The predicted molar refractivity (Wildman–Crippen MR) is 50.2 cm³/mol. The van der Waals surface area contributed by atoms with Gasteiger partial charge in [-0.05, 0) is 12.1 Å². The first-order chi connectivity index (χ1) is 6.27. The highest BCUT2D eigenvalue weighted by atomic mass is 79.9. The molecule has 4 nitrogen and oxygen atoms in total. The second kappa shape index (κ2) is 3.18. The van der Waals surface area contributed by atoms with E-state index in [0.717, 1.165) is 5.69 Å². The number of halogens is 1. The Hall–Kier alpha value is -1.36. The Kier molecular flexibility index (Phi) is 2.02. The molecule has 0 atom stereocenters. The van der Waals surface area contributed by atoms with Gasteiger partial charge in [0.15, 0.2) is 11.9 Å². The number of nitrogens with zero attached hydrogens (tertiary/aromatic N) is 3. The second-order valence-corrected chi connectivity index (χ2v) is 3.31. The summed E-state index contributed by atoms with van der Waals surface area (Å²) in [7, 11) is 0. The van der Waals surface area contributed by atoms with E-state index >= 15 is 0 Å². The van der Waals surface area contributed by atoms with Crippen LogP contribution in [-0.2, 0) is 0 Å². The van der Waals surface area contributed by atoms with Gasteiger partial charge in [0.2, 0.25) is 4.60 Å². The first-order valence-corrected chi connectivity index (χ1v) is 4.47. The molecular weight excluding hydrogens is 234 g/mol. The van der Waals surface area contributed by atoms with E-state index in [0.29, 0.717) is 9.45 Å². The van der Waals surface area contributed by atoms with Crippen LogP contribution in [0.4, 0.5) is 0 Å². The van der Waals surface area contributed by atoms with Crippen molar-refractivity contribution in [2.75, 3.05) is 0 Å². The van der Waals surface area contributed by atoms with E-state index in [1.807, 2.05) is 30.3 Å². The number of benzene rings is 1. The summed E-state index contributed by atoms with van der Waals surface area (Å²) in [5.41, 5.74) is 0.859. The van der Waals surface area contributed by atoms with E-state index < -0.39 is 0 Å². The number of aromatic nitrogens is 3. The van der Waals surface area contributed by atoms with Crippen molar-refractivity contribution in [1.29, 1.82) is 0 Å². The zero-order chi connectivity index (χ0) is 9.26. The second-order valence-electron chi connectivity index (χ2n) is 2.49. The maximum Gasteiger partial charge on any atom is 0.237 e. The molecule has 0 aliphatic rings. The maximum atomic E-state index is 11.0. The van der Waals surface area contributed by atoms with Gasteiger partial charge >= 0.3 is 0 Å². The van der Waals surface area contributed by atoms with Gasteiger partial charge < -0.3 is 5.21 Å². The zero-order valence-corrected chi connectivity index (χ0v) is 8.18. The van der Waals surface area contributed by atoms with Gasteiger partial charge in [0.05, 0.1) is 0 Å². The topological polar surface area (TPSA) is 44.8 Å². The number of para-hydroxylation sites is 1. The Bertz CT molecular complexity index is 393. The van der Waals surface area contributed by atoms with Crippen molar-refractivity contribution in [1.82, 2.24) is 9.90 Å². The van der Waals surface area contributed by atoms with E-state index in [2.05, 4.69) is 21.1 Å². The van der Waals surface area contributed by atoms with Crippen LogP contribution in [0, 0.1) is 5.21 Å². The molecule has 0 amide bonds.